The Morgan fingerprint density at radius 3 is 1.26 bits per heavy atom. The molecule has 0 atom stereocenters. The number of carbonyl (C=O) groups is 4. The Balaban J connectivity index is 0.000000456. The number of nitrogen functional groups attached to an aromatic ring is 1. The second-order valence-electron chi connectivity index (χ2n) is 26.1. The first-order valence-electron chi connectivity index (χ1n) is 36.3. The number of isothiocyanates is 1. The van der Waals surface area contributed by atoms with E-state index in [0.717, 1.165) is 55.4 Å². The topological polar surface area (TPSA) is 410 Å². The number of carboxylic acids is 2. The smallest absolute Gasteiger partial charge is 1.00 e. The molecule has 0 unspecified atom stereocenters. The number of amides is 4. The van der Waals surface area contributed by atoms with Gasteiger partial charge in [0.1, 0.15) is 0 Å². The SMILES string of the molecule is Brc1cccc2ccccc12.Cl.Cl.NC(=O)NNC(=S)Nc1ccc(C2CC2)c2ccccc12.NNC(N)=O.Nc1ccc(C2CC2)c2ccccc12.O=C(O)C(=O)O.O=[N+]([O-])O.O=[N+]([O-])c1ccc(C2CC2)c2ccccc12.S=C=Nc1ccc(C2CC2)c2ccccc12.[2H]CF.[Br-].[CH-]1CC1.[Mg+2].[Na+].[OH-].c1ccc2c(C3CC3)cccc2c1. The molecule has 0 spiro atoms. The van der Waals surface area contributed by atoms with Crippen LogP contribution in [0.5, 0.6) is 0 Å². The first kappa shape index (κ1) is 102. The number of thiocarbonyl (C=S) groups is 2. The van der Waals surface area contributed by atoms with Crippen LogP contribution in [0.1, 0.15) is 136 Å². The number of alkyl halides is 1. The number of nitro benzene ring substituents is 1. The number of aliphatic imine (C=N–C) groups is 1. The summed E-state index contributed by atoms with van der Waals surface area (Å²) in [5, 5.41) is 59.8. The summed E-state index contributed by atoms with van der Waals surface area (Å²) in [6.07, 6.45) is 18.0. The molecule has 12 aromatic carbocycles. The molecule has 18 rings (SSSR count). The zero-order valence-electron chi connectivity index (χ0n) is 64.8. The van der Waals surface area contributed by atoms with E-state index in [-0.39, 0.29) is 116 Å². The summed E-state index contributed by atoms with van der Waals surface area (Å²) in [7, 11) is -1.00. The third-order valence-electron chi connectivity index (χ3n) is 18.0. The van der Waals surface area contributed by atoms with Gasteiger partial charge in [-0.05, 0) is 219 Å². The number of nitrogens with zero attached hydrogens (tertiary/aromatic N) is 3. The van der Waals surface area contributed by atoms with Gasteiger partial charge in [0.2, 0.25) is 0 Å². The van der Waals surface area contributed by atoms with Crippen LogP contribution in [0, 0.1) is 26.6 Å². The molecule has 4 amide bonds. The summed E-state index contributed by atoms with van der Waals surface area (Å²) in [5.74, 6) is 4.51. The van der Waals surface area contributed by atoms with Crippen LogP contribution in [0.3, 0.4) is 0 Å². The Kier molecular flexibility index (Phi) is 46.4. The van der Waals surface area contributed by atoms with Gasteiger partial charge in [-0.1, -0.05) is 210 Å². The zero-order chi connectivity index (χ0) is 80.6. The predicted octanol–water partition coefficient (Wildman–Crippen LogP) is 14.5. The summed E-state index contributed by atoms with van der Waals surface area (Å²) in [6, 6.07) is 77.3. The van der Waals surface area contributed by atoms with E-state index in [9.17, 15) is 24.1 Å². The van der Waals surface area contributed by atoms with E-state index in [1.807, 2.05) is 72.8 Å². The first-order valence-corrected chi connectivity index (χ1v) is 37.2. The van der Waals surface area contributed by atoms with Crippen molar-refractivity contribution >= 4 is 210 Å². The number of urea groups is 2. The fourth-order valence-electron chi connectivity index (χ4n) is 12.2. The molecule has 0 saturated heterocycles. The van der Waals surface area contributed by atoms with Gasteiger partial charge in [-0.3, -0.25) is 25.4 Å². The van der Waals surface area contributed by atoms with E-state index in [2.05, 4.69) is 224 Å². The Morgan fingerprint density at radius 1 is 0.530 bits per heavy atom. The van der Waals surface area contributed by atoms with Crippen molar-refractivity contribution in [2.75, 3.05) is 18.2 Å². The molecule has 0 aromatic heterocycles. The Morgan fingerprint density at radius 2 is 0.855 bits per heavy atom. The molecule has 0 bridgehead atoms. The van der Waals surface area contributed by atoms with E-state index in [1.54, 1.807) is 17.1 Å². The number of hydrogen-bond acceptors (Lipinski definition) is 14. The number of nitrogens with one attached hydrogen (secondary N) is 4. The molecule has 117 heavy (non-hydrogen) atoms. The minimum Gasteiger partial charge on any atom is -1.00 e. The second-order valence-corrected chi connectivity index (χ2v) is 27.6. The third-order valence-corrected chi connectivity index (χ3v) is 19.0. The van der Waals surface area contributed by atoms with Gasteiger partial charge in [0.15, 0.2) is 5.11 Å². The minimum atomic E-state index is -1.82. The van der Waals surface area contributed by atoms with Gasteiger partial charge >= 0.3 is 76.6 Å². The van der Waals surface area contributed by atoms with Crippen LogP contribution in [0.25, 0.3) is 64.6 Å². The molecule has 6 aliphatic rings. The largest absolute Gasteiger partial charge is 2.00 e. The molecule has 0 radical (unpaired) electrons. The molecule has 23 nitrogen and oxygen atoms in total. The molecule has 6 saturated carbocycles. The molecule has 6 aliphatic carbocycles. The van der Waals surface area contributed by atoms with Gasteiger partial charge < -0.3 is 66.8 Å². The van der Waals surface area contributed by atoms with Crippen molar-refractivity contribution in [2.45, 2.75) is 107 Å². The average Bonchev–Trinajstić information content (AvgIpc) is 1.82. The maximum absolute atomic E-state index is 10.9. The van der Waals surface area contributed by atoms with Gasteiger partial charge in [0.05, 0.1) is 29.7 Å². The quantitative estimate of drug-likeness (QED) is 0.00643. The average molecular weight is 1820 g/mol. The number of aliphatic carboxylic acids is 2. The van der Waals surface area contributed by atoms with E-state index in [0.29, 0.717) is 11.8 Å². The van der Waals surface area contributed by atoms with Crippen molar-refractivity contribution in [3.05, 3.63) is 289 Å². The maximum atomic E-state index is 10.9. The molecule has 606 valence electrons. The maximum Gasteiger partial charge on any atom is 2.00 e. The number of carbonyl (C=O) groups excluding carboxylic acids is 2. The Labute approximate surface area is 758 Å². The number of carboxylic acid groups (broad SMARTS) is 2. The molecular weight excluding hydrogens is 1730 g/mol. The van der Waals surface area contributed by atoms with E-state index in [4.69, 9.17) is 60.2 Å². The number of rotatable bonds is 8. The summed E-state index contributed by atoms with van der Waals surface area (Å²) in [4.78, 5) is 61.3. The molecule has 0 heterocycles. The number of benzene rings is 12. The van der Waals surface area contributed by atoms with Crippen LogP contribution in [-0.4, -0.2) is 95.4 Å². The summed E-state index contributed by atoms with van der Waals surface area (Å²) in [6.45, 7) is 0. The van der Waals surface area contributed by atoms with E-state index >= 15 is 0 Å². The van der Waals surface area contributed by atoms with Crippen LogP contribution in [0.4, 0.5) is 36.7 Å². The molecule has 16 N–H and O–H groups in total. The number of nitro groups is 1. The number of hydrazine groups is 2. The zero-order valence-corrected chi connectivity index (χ0v) is 73.6. The number of anilines is 2. The number of fused-ring (bicyclic) bond motifs is 6. The molecule has 6 fully saturated rings. The second kappa shape index (κ2) is 53.2. The van der Waals surface area contributed by atoms with Crippen LogP contribution < -0.4 is 91.2 Å². The van der Waals surface area contributed by atoms with Crippen molar-refractivity contribution in [3.8, 4) is 0 Å². The van der Waals surface area contributed by atoms with Gasteiger partial charge in [-0.25, -0.2) is 43.3 Å². The predicted molar refractivity (Wildman–Crippen MR) is 473 cm³/mol. The molecule has 12 aromatic rings. The molecule has 32 heteroatoms. The number of halogens is 5. The van der Waals surface area contributed by atoms with Crippen LogP contribution in [-0.2, 0) is 9.59 Å². The summed E-state index contributed by atoms with van der Waals surface area (Å²) in [5.41, 5.74) is 31.9. The van der Waals surface area contributed by atoms with E-state index in [1.165, 1.54) is 148 Å². The standard InChI is InChI=1S/C15H16N4OS.C14H11NS.C13H11NO2.C13H13N.C13H12.C10H7Br.C3H5.C2H2O4.CH3F.CH5N3O.BrH.2ClH.Mg.HNO3.Na.H2O/c16-14(20)18-19-15(21)17-13-8-7-10(9-5-6-9)11-3-1-2-4-12(11)13;16-9-15-14-8-7-11(10-5-6-10)12-3-1-2-4-13(12)14;15-14(16)13-8-7-10(9-5-6-9)11-3-1-2-4-12(11)13;14-13-8-7-10(9-5-6-9)11-3-1-2-4-12(11)13;1-2-6-12-10(4-1)5-3-7-13(12)11-8-9-11;11-10-7-3-5-8-4-1-2-6-9(8)10;1-2-3-1;3-1(4)2(5)6;1-2;2-1(5)4-3;;;;;2-1(3)4;;/h1-4,7-9H,5-6H2,(H3,16,18,20)(H2,17,19,21);1-4,7-8,10H,5-6H2;1-4,7-9H,5-6H2;1-4,7-9H,5-6,14H2;1-7,11H,8-9H2;1-7H;1H,2-3H2;(H,3,4)(H,5,6);1H3;3H2,(H3,2,4,5);3*1H;;(H,2,3,4);;1H2/q;;;;;;-1;;;;;;;+2;;+1;/p-2/i;;;;;;;;1D;;;;;;;;. The van der Waals surface area contributed by atoms with Gasteiger partial charge in [-0.15, -0.1) is 34.9 Å². The fraction of sp³-hybridized carbons (Fsp3) is 0.212. The Hall–Kier alpha value is -9.27. The van der Waals surface area contributed by atoms with Crippen LogP contribution >= 0.6 is 65.2 Å². The fourth-order valence-corrected chi connectivity index (χ4v) is 12.9. The number of non-ortho nitro benzene ring substituents is 1. The Bertz CT molecular complexity index is 5250. The molecular formula is C85H89Br2Cl2FMgN11NaO12S2. The minimum absolute atomic E-state index is 0. The van der Waals surface area contributed by atoms with Crippen molar-refractivity contribution in [1.82, 2.24) is 16.3 Å². The normalized spacial score (nSPS) is 12.9. The van der Waals surface area contributed by atoms with E-state index < -0.39 is 36.2 Å². The summed E-state index contributed by atoms with van der Waals surface area (Å²) >= 11 is 13.3. The summed E-state index contributed by atoms with van der Waals surface area (Å²) < 4.78 is 16.7. The first-order chi connectivity index (χ1) is 54.1. The molecule has 0 aliphatic heterocycles. The number of hydrogen-bond donors (Lipinski definition) is 11. The van der Waals surface area contributed by atoms with Crippen molar-refractivity contribution in [1.29, 1.82) is 0 Å². The number of primary amides is 2. The van der Waals surface area contributed by atoms with Crippen LogP contribution in [0.15, 0.2) is 240 Å². The van der Waals surface area contributed by atoms with Crippen molar-refractivity contribution < 1.29 is 102 Å². The van der Waals surface area contributed by atoms with Crippen molar-refractivity contribution in [2.24, 2.45) is 22.3 Å². The van der Waals surface area contributed by atoms with Crippen LogP contribution in [0.2, 0.25) is 0 Å². The monoisotopic (exact) mass is 1810 g/mol. The number of nitrogens with two attached hydrogens (primary N) is 4. The van der Waals surface area contributed by atoms with Gasteiger partial charge in [0.25, 0.3) is 10.8 Å². The van der Waals surface area contributed by atoms with Crippen molar-refractivity contribution in [3.63, 3.8) is 0 Å². The van der Waals surface area contributed by atoms with Gasteiger partial charge in [-0.2, -0.15) is 4.99 Å². The van der Waals surface area contributed by atoms with Gasteiger partial charge in [0, 0.05) is 38.1 Å². The third kappa shape index (κ3) is 33.6.